The standard InChI is InChI=1S/C13H13ClN4O3/c1-7(11-15-2-3-16-11)17-13(21)18-10-5-8(12(19)20)4-9(14)6-10/h2-7H,1H3,(H,15,16)(H,19,20)(H2,17,18,21). The molecule has 0 spiro atoms. The molecule has 0 aliphatic heterocycles. The minimum atomic E-state index is -1.12. The van der Waals surface area contributed by atoms with Crippen molar-refractivity contribution in [3.63, 3.8) is 0 Å². The molecule has 2 aromatic rings. The molecule has 0 saturated carbocycles. The van der Waals surface area contributed by atoms with Crippen LogP contribution in [0.1, 0.15) is 29.1 Å². The summed E-state index contributed by atoms with van der Waals surface area (Å²) in [5, 5.41) is 14.4. The van der Waals surface area contributed by atoms with Crippen molar-refractivity contribution in [1.82, 2.24) is 15.3 Å². The Morgan fingerprint density at radius 3 is 2.76 bits per heavy atom. The number of urea groups is 1. The predicted octanol–water partition coefficient (Wildman–Crippen LogP) is 2.64. The Bertz CT molecular complexity index is 657. The lowest BCUT2D eigenvalue weighted by Gasteiger charge is -2.13. The highest BCUT2D eigenvalue weighted by molar-refractivity contribution is 6.31. The van der Waals surface area contributed by atoms with Crippen LogP contribution in [0, 0.1) is 0 Å². The van der Waals surface area contributed by atoms with Crippen LogP contribution in [-0.4, -0.2) is 27.1 Å². The van der Waals surface area contributed by atoms with E-state index < -0.39 is 12.0 Å². The van der Waals surface area contributed by atoms with E-state index >= 15 is 0 Å². The number of aromatic carboxylic acids is 1. The number of H-pyrrole nitrogens is 1. The van der Waals surface area contributed by atoms with E-state index in [4.69, 9.17) is 16.7 Å². The number of carboxylic acid groups (broad SMARTS) is 1. The number of benzene rings is 1. The number of imidazole rings is 1. The molecule has 8 heteroatoms. The van der Waals surface area contributed by atoms with E-state index in [2.05, 4.69) is 20.6 Å². The van der Waals surface area contributed by atoms with Crippen molar-refractivity contribution in [3.05, 3.63) is 47.0 Å². The molecule has 0 bridgehead atoms. The van der Waals surface area contributed by atoms with Gasteiger partial charge in [-0.05, 0) is 25.1 Å². The number of hydrogen-bond donors (Lipinski definition) is 4. The van der Waals surface area contributed by atoms with Crippen LogP contribution in [0.3, 0.4) is 0 Å². The van der Waals surface area contributed by atoms with Crippen LogP contribution in [0.2, 0.25) is 5.02 Å². The number of aromatic amines is 1. The lowest BCUT2D eigenvalue weighted by molar-refractivity contribution is 0.0697. The number of rotatable bonds is 4. The third-order valence-electron chi connectivity index (χ3n) is 2.68. The summed E-state index contributed by atoms with van der Waals surface area (Å²) < 4.78 is 0. The van der Waals surface area contributed by atoms with Crippen molar-refractivity contribution >= 4 is 29.3 Å². The normalized spacial score (nSPS) is 11.7. The topological polar surface area (TPSA) is 107 Å². The van der Waals surface area contributed by atoms with Gasteiger partial charge < -0.3 is 20.7 Å². The first kappa shape index (κ1) is 14.9. The Hall–Kier alpha value is -2.54. The minimum Gasteiger partial charge on any atom is -0.478 e. The van der Waals surface area contributed by atoms with Crippen molar-refractivity contribution in [2.75, 3.05) is 5.32 Å². The molecule has 4 N–H and O–H groups in total. The summed E-state index contributed by atoms with van der Waals surface area (Å²) in [6, 6.07) is 3.28. The Labute approximate surface area is 125 Å². The SMILES string of the molecule is CC(NC(=O)Nc1cc(Cl)cc(C(=O)O)c1)c1ncc[nH]1. The van der Waals surface area contributed by atoms with Gasteiger partial charge in [-0.15, -0.1) is 0 Å². The molecule has 1 aromatic heterocycles. The van der Waals surface area contributed by atoms with Crippen molar-refractivity contribution < 1.29 is 14.7 Å². The second-order valence-corrected chi connectivity index (χ2v) is 4.76. The lowest BCUT2D eigenvalue weighted by Crippen LogP contribution is -2.31. The quantitative estimate of drug-likeness (QED) is 0.696. The third kappa shape index (κ3) is 3.96. The van der Waals surface area contributed by atoms with Crippen molar-refractivity contribution in [1.29, 1.82) is 0 Å². The number of carbonyl (C=O) groups is 2. The van der Waals surface area contributed by atoms with Crippen molar-refractivity contribution in [2.45, 2.75) is 13.0 Å². The van der Waals surface area contributed by atoms with Gasteiger partial charge in [0.15, 0.2) is 0 Å². The van der Waals surface area contributed by atoms with E-state index in [0.717, 1.165) is 0 Å². The first-order valence-electron chi connectivity index (χ1n) is 6.06. The van der Waals surface area contributed by atoms with Crippen molar-refractivity contribution in [3.8, 4) is 0 Å². The maximum atomic E-state index is 11.9. The van der Waals surface area contributed by atoms with E-state index in [0.29, 0.717) is 11.5 Å². The zero-order valence-corrected chi connectivity index (χ0v) is 11.8. The van der Waals surface area contributed by atoms with E-state index in [1.165, 1.54) is 18.2 Å². The Morgan fingerprint density at radius 1 is 1.38 bits per heavy atom. The fraction of sp³-hybridized carbons (Fsp3) is 0.154. The third-order valence-corrected chi connectivity index (χ3v) is 2.90. The van der Waals surface area contributed by atoms with Crippen LogP contribution in [0.15, 0.2) is 30.6 Å². The molecule has 1 unspecified atom stereocenters. The highest BCUT2D eigenvalue weighted by Crippen LogP contribution is 2.19. The monoisotopic (exact) mass is 308 g/mol. The smallest absolute Gasteiger partial charge is 0.335 e. The van der Waals surface area contributed by atoms with E-state index in [1.807, 2.05) is 0 Å². The van der Waals surface area contributed by atoms with E-state index in [-0.39, 0.29) is 16.6 Å². The molecule has 1 aromatic carbocycles. The molecule has 0 fully saturated rings. The van der Waals surface area contributed by atoms with Crippen LogP contribution in [0.25, 0.3) is 0 Å². The molecule has 0 aliphatic rings. The molecule has 1 heterocycles. The second-order valence-electron chi connectivity index (χ2n) is 4.33. The summed E-state index contributed by atoms with van der Waals surface area (Å²) in [7, 11) is 0. The van der Waals surface area contributed by atoms with Crippen molar-refractivity contribution in [2.24, 2.45) is 0 Å². The molecule has 0 saturated heterocycles. The number of hydrogen-bond acceptors (Lipinski definition) is 3. The van der Waals surface area contributed by atoms with Crippen LogP contribution < -0.4 is 10.6 Å². The molecule has 0 radical (unpaired) electrons. The number of anilines is 1. The summed E-state index contributed by atoms with van der Waals surface area (Å²) >= 11 is 5.81. The largest absolute Gasteiger partial charge is 0.478 e. The van der Waals surface area contributed by atoms with E-state index in [9.17, 15) is 9.59 Å². The number of nitrogens with zero attached hydrogens (tertiary/aromatic N) is 1. The molecule has 7 nitrogen and oxygen atoms in total. The van der Waals surface area contributed by atoms with Crippen LogP contribution in [0.5, 0.6) is 0 Å². The maximum Gasteiger partial charge on any atom is 0.335 e. The summed E-state index contributed by atoms with van der Waals surface area (Å²) in [5.41, 5.74) is 0.293. The second kappa shape index (κ2) is 6.27. The number of carboxylic acids is 1. The molecule has 2 amide bonds. The Balaban J connectivity index is 2.04. The number of amides is 2. The number of carbonyl (C=O) groups excluding carboxylic acids is 1. The number of aromatic nitrogens is 2. The van der Waals surface area contributed by atoms with Gasteiger partial charge in [0.1, 0.15) is 5.82 Å². The fourth-order valence-electron chi connectivity index (χ4n) is 1.73. The predicted molar refractivity (Wildman–Crippen MR) is 77.6 cm³/mol. The summed E-state index contributed by atoms with van der Waals surface area (Å²) in [4.78, 5) is 29.7. The first-order valence-corrected chi connectivity index (χ1v) is 6.44. The summed E-state index contributed by atoms with van der Waals surface area (Å²) in [6.07, 6.45) is 3.24. The average Bonchev–Trinajstić information content (AvgIpc) is 2.91. The Kier molecular flexibility index (Phi) is 4.44. The fourth-order valence-corrected chi connectivity index (χ4v) is 1.97. The molecule has 1 atom stereocenters. The van der Waals surface area contributed by atoms with Gasteiger partial charge in [-0.25, -0.2) is 14.6 Å². The summed E-state index contributed by atoms with van der Waals surface area (Å²) in [5.74, 6) is -0.507. The number of halogens is 1. The summed E-state index contributed by atoms with van der Waals surface area (Å²) in [6.45, 7) is 1.76. The van der Waals surface area contributed by atoms with Gasteiger partial charge in [0, 0.05) is 23.1 Å². The molecule has 0 aliphatic carbocycles. The van der Waals surface area contributed by atoms with Gasteiger partial charge in [0.25, 0.3) is 0 Å². The molecular formula is C13H13ClN4O3. The van der Waals surface area contributed by atoms with Gasteiger partial charge in [0.05, 0.1) is 11.6 Å². The molecule has 21 heavy (non-hydrogen) atoms. The Morgan fingerprint density at radius 2 is 2.14 bits per heavy atom. The zero-order chi connectivity index (χ0) is 15.4. The van der Waals surface area contributed by atoms with Gasteiger partial charge in [-0.2, -0.15) is 0 Å². The highest BCUT2D eigenvalue weighted by atomic mass is 35.5. The molecule has 2 rings (SSSR count). The van der Waals surface area contributed by atoms with Crippen LogP contribution >= 0.6 is 11.6 Å². The first-order chi connectivity index (χ1) is 9.95. The van der Waals surface area contributed by atoms with Gasteiger partial charge >= 0.3 is 12.0 Å². The minimum absolute atomic E-state index is 0.00289. The van der Waals surface area contributed by atoms with Crippen LogP contribution in [-0.2, 0) is 0 Å². The van der Waals surface area contributed by atoms with Crippen LogP contribution in [0.4, 0.5) is 10.5 Å². The molecule has 110 valence electrons. The van der Waals surface area contributed by atoms with Gasteiger partial charge in [-0.1, -0.05) is 11.6 Å². The number of nitrogens with one attached hydrogen (secondary N) is 3. The zero-order valence-electron chi connectivity index (χ0n) is 11.1. The maximum absolute atomic E-state index is 11.9. The van der Waals surface area contributed by atoms with Gasteiger partial charge in [0.2, 0.25) is 0 Å². The molecular weight excluding hydrogens is 296 g/mol. The van der Waals surface area contributed by atoms with E-state index in [1.54, 1.807) is 19.3 Å². The average molecular weight is 309 g/mol. The lowest BCUT2D eigenvalue weighted by atomic mass is 10.2. The highest BCUT2D eigenvalue weighted by Gasteiger charge is 2.12. The van der Waals surface area contributed by atoms with Gasteiger partial charge in [-0.3, -0.25) is 0 Å².